The van der Waals surface area contributed by atoms with Crippen LogP contribution in [-0.2, 0) is 17.6 Å². The summed E-state index contributed by atoms with van der Waals surface area (Å²) in [6, 6.07) is 7.65. The van der Waals surface area contributed by atoms with Crippen molar-refractivity contribution in [3.63, 3.8) is 0 Å². The molecule has 2 nitrogen and oxygen atoms in total. The van der Waals surface area contributed by atoms with E-state index in [0.29, 0.717) is 12.0 Å². The first-order valence-electron chi connectivity index (χ1n) is 8.31. The maximum Gasteiger partial charge on any atom is 0.0512 e. The Morgan fingerprint density at radius 1 is 1.25 bits per heavy atom. The Labute approximate surface area is 122 Å². The highest BCUT2D eigenvalue weighted by molar-refractivity contribution is 5.36. The Hall–Kier alpha value is -0.860. The van der Waals surface area contributed by atoms with Gasteiger partial charge in [0.05, 0.1) is 6.61 Å². The van der Waals surface area contributed by atoms with Crippen molar-refractivity contribution >= 4 is 0 Å². The van der Waals surface area contributed by atoms with E-state index in [1.807, 2.05) is 0 Å². The number of benzene rings is 1. The van der Waals surface area contributed by atoms with E-state index in [2.05, 4.69) is 30.4 Å². The Balaban J connectivity index is 1.80. The van der Waals surface area contributed by atoms with Crippen LogP contribution in [0.25, 0.3) is 0 Å². The van der Waals surface area contributed by atoms with Gasteiger partial charge in [0.2, 0.25) is 0 Å². The molecular formula is C18H27NO. The monoisotopic (exact) mass is 273 g/mol. The van der Waals surface area contributed by atoms with Gasteiger partial charge in [-0.1, -0.05) is 25.1 Å². The molecular weight excluding hydrogens is 246 g/mol. The van der Waals surface area contributed by atoms with Crippen molar-refractivity contribution in [2.24, 2.45) is 5.92 Å². The third-order valence-corrected chi connectivity index (χ3v) is 4.76. The van der Waals surface area contributed by atoms with Crippen LogP contribution in [0.2, 0.25) is 0 Å². The Morgan fingerprint density at radius 3 is 2.95 bits per heavy atom. The van der Waals surface area contributed by atoms with Crippen molar-refractivity contribution < 1.29 is 4.74 Å². The molecule has 1 heterocycles. The predicted octanol–water partition coefficient (Wildman–Crippen LogP) is 3.64. The molecule has 1 aromatic carbocycles. The van der Waals surface area contributed by atoms with Crippen LogP contribution in [0.15, 0.2) is 18.2 Å². The minimum absolute atomic E-state index is 0.473. The summed E-state index contributed by atoms with van der Waals surface area (Å²) in [7, 11) is 0. The standard InChI is InChI=1S/C18H27NO/c1-2-10-19-18(17-7-4-11-20-13-17)16-9-8-14-5-3-6-15(14)12-16/h8-9,12,17-19H,2-7,10-11,13H2,1H3. The molecule has 0 bridgehead atoms. The maximum atomic E-state index is 5.72. The fourth-order valence-corrected chi connectivity index (χ4v) is 3.67. The maximum absolute atomic E-state index is 5.72. The molecule has 20 heavy (non-hydrogen) atoms. The molecule has 1 N–H and O–H groups in total. The van der Waals surface area contributed by atoms with E-state index in [1.165, 1.54) is 44.1 Å². The van der Waals surface area contributed by atoms with E-state index in [9.17, 15) is 0 Å². The lowest BCUT2D eigenvalue weighted by molar-refractivity contribution is 0.0390. The normalized spacial score (nSPS) is 23.6. The number of rotatable bonds is 5. The van der Waals surface area contributed by atoms with Crippen LogP contribution in [0.1, 0.15) is 55.3 Å². The summed E-state index contributed by atoms with van der Waals surface area (Å²) in [6.07, 6.45) is 7.56. The second-order valence-corrected chi connectivity index (χ2v) is 6.29. The van der Waals surface area contributed by atoms with E-state index in [-0.39, 0.29) is 0 Å². The molecule has 2 heteroatoms. The van der Waals surface area contributed by atoms with Crippen LogP contribution in [0.3, 0.4) is 0 Å². The summed E-state index contributed by atoms with van der Waals surface area (Å²) in [5.41, 5.74) is 4.64. The lowest BCUT2D eigenvalue weighted by Gasteiger charge is -2.31. The summed E-state index contributed by atoms with van der Waals surface area (Å²) in [6.45, 7) is 5.20. The Kier molecular flexibility index (Phi) is 4.74. The fraction of sp³-hybridized carbons (Fsp3) is 0.667. The molecule has 1 saturated heterocycles. The highest BCUT2D eigenvalue weighted by Gasteiger charge is 2.26. The molecule has 0 aromatic heterocycles. The number of hydrogen-bond donors (Lipinski definition) is 1. The molecule has 0 amide bonds. The molecule has 110 valence electrons. The summed E-state index contributed by atoms with van der Waals surface area (Å²) < 4.78 is 5.72. The Morgan fingerprint density at radius 2 is 2.15 bits per heavy atom. The van der Waals surface area contributed by atoms with Crippen molar-refractivity contribution in [2.75, 3.05) is 19.8 Å². The quantitative estimate of drug-likeness (QED) is 0.884. The van der Waals surface area contributed by atoms with Gasteiger partial charge in [0.1, 0.15) is 0 Å². The molecule has 1 aliphatic carbocycles. The van der Waals surface area contributed by atoms with E-state index in [0.717, 1.165) is 19.8 Å². The third-order valence-electron chi connectivity index (χ3n) is 4.76. The molecule has 2 atom stereocenters. The number of hydrogen-bond acceptors (Lipinski definition) is 2. The molecule has 2 unspecified atom stereocenters. The van der Waals surface area contributed by atoms with Crippen molar-refractivity contribution in [1.29, 1.82) is 0 Å². The summed E-state index contributed by atoms with van der Waals surface area (Å²) in [4.78, 5) is 0. The van der Waals surface area contributed by atoms with Crippen LogP contribution in [0.4, 0.5) is 0 Å². The molecule has 1 aliphatic heterocycles. The second-order valence-electron chi connectivity index (χ2n) is 6.29. The molecule has 2 aliphatic rings. The average molecular weight is 273 g/mol. The average Bonchev–Trinajstić information content (AvgIpc) is 2.96. The fourth-order valence-electron chi connectivity index (χ4n) is 3.67. The van der Waals surface area contributed by atoms with E-state index >= 15 is 0 Å². The summed E-state index contributed by atoms with van der Waals surface area (Å²) in [5.74, 6) is 0.634. The predicted molar refractivity (Wildman–Crippen MR) is 83.0 cm³/mol. The number of nitrogens with one attached hydrogen (secondary N) is 1. The van der Waals surface area contributed by atoms with Crippen molar-refractivity contribution in [2.45, 2.75) is 51.5 Å². The highest BCUT2D eigenvalue weighted by Crippen LogP contribution is 2.32. The largest absolute Gasteiger partial charge is 0.381 e. The topological polar surface area (TPSA) is 21.3 Å². The minimum atomic E-state index is 0.473. The first-order chi connectivity index (χ1) is 9.88. The van der Waals surface area contributed by atoms with Crippen LogP contribution in [0, 0.1) is 5.92 Å². The van der Waals surface area contributed by atoms with Gasteiger partial charge in [-0.25, -0.2) is 0 Å². The second kappa shape index (κ2) is 6.73. The number of fused-ring (bicyclic) bond motifs is 1. The smallest absolute Gasteiger partial charge is 0.0512 e. The van der Waals surface area contributed by atoms with Gasteiger partial charge < -0.3 is 10.1 Å². The van der Waals surface area contributed by atoms with E-state index in [4.69, 9.17) is 4.74 Å². The van der Waals surface area contributed by atoms with Crippen LogP contribution < -0.4 is 5.32 Å². The SMILES string of the molecule is CCCNC(c1ccc2c(c1)CCC2)C1CCCOC1. The number of aryl methyl sites for hydroxylation is 2. The molecule has 0 radical (unpaired) electrons. The molecule has 1 aromatic rings. The van der Waals surface area contributed by atoms with Crippen LogP contribution in [-0.4, -0.2) is 19.8 Å². The molecule has 1 fully saturated rings. The van der Waals surface area contributed by atoms with Crippen LogP contribution >= 0.6 is 0 Å². The zero-order chi connectivity index (χ0) is 13.8. The van der Waals surface area contributed by atoms with Gasteiger partial charge in [0.15, 0.2) is 0 Å². The van der Waals surface area contributed by atoms with E-state index in [1.54, 1.807) is 11.1 Å². The third kappa shape index (κ3) is 3.07. The first-order valence-corrected chi connectivity index (χ1v) is 8.31. The van der Waals surface area contributed by atoms with Gasteiger partial charge in [0, 0.05) is 18.6 Å². The zero-order valence-corrected chi connectivity index (χ0v) is 12.7. The van der Waals surface area contributed by atoms with Crippen LogP contribution in [0.5, 0.6) is 0 Å². The molecule has 0 spiro atoms. The molecule has 0 saturated carbocycles. The van der Waals surface area contributed by atoms with Gasteiger partial charge in [0.25, 0.3) is 0 Å². The zero-order valence-electron chi connectivity index (χ0n) is 12.7. The van der Waals surface area contributed by atoms with Crippen molar-refractivity contribution in [1.82, 2.24) is 5.32 Å². The first kappa shape index (κ1) is 14.1. The van der Waals surface area contributed by atoms with Gasteiger partial charge >= 0.3 is 0 Å². The highest BCUT2D eigenvalue weighted by atomic mass is 16.5. The number of ether oxygens (including phenoxy) is 1. The molecule has 3 rings (SSSR count). The summed E-state index contributed by atoms with van der Waals surface area (Å²) >= 11 is 0. The summed E-state index contributed by atoms with van der Waals surface area (Å²) in [5, 5.41) is 3.77. The van der Waals surface area contributed by atoms with Gasteiger partial charge in [-0.2, -0.15) is 0 Å². The van der Waals surface area contributed by atoms with Gasteiger partial charge in [-0.3, -0.25) is 0 Å². The van der Waals surface area contributed by atoms with Gasteiger partial charge in [-0.15, -0.1) is 0 Å². The Bertz CT molecular complexity index is 437. The lowest BCUT2D eigenvalue weighted by atomic mass is 9.87. The van der Waals surface area contributed by atoms with Gasteiger partial charge in [-0.05, 0) is 61.8 Å². The lowest BCUT2D eigenvalue weighted by Crippen LogP contribution is -2.34. The van der Waals surface area contributed by atoms with Crippen molar-refractivity contribution in [3.05, 3.63) is 34.9 Å². The van der Waals surface area contributed by atoms with Crippen molar-refractivity contribution in [3.8, 4) is 0 Å². The van der Waals surface area contributed by atoms with E-state index < -0.39 is 0 Å². The minimum Gasteiger partial charge on any atom is -0.381 e.